The number of rotatable bonds is 1. The molecule has 0 aliphatic carbocycles. The normalized spacial score (nSPS) is 10.9. The van der Waals surface area contributed by atoms with Crippen LogP contribution in [-0.4, -0.2) is 4.57 Å². The molecule has 0 aliphatic rings. The number of hydrogen-bond acceptors (Lipinski definition) is 0. The van der Waals surface area contributed by atoms with Crippen LogP contribution < -0.4 is 0 Å². The Kier molecular flexibility index (Phi) is 2.22. The molecule has 84 valence electrons. The van der Waals surface area contributed by atoms with Gasteiger partial charge in [-0.05, 0) is 23.8 Å². The van der Waals surface area contributed by atoms with Crippen molar-refractivity contribution >= 4 is 10.9 Å². The summed E-state index contributed by atoms with van der Waals surface area (Å²) in [5, 5.41) is 1.20. The van der Waals surface area contributed by atoms with E-state index in [4.69, 9.17) is 0 Å². The highest BCUT2D eigenvalue weighted by Gasteiger charge is 2.06. The maximum Gasteiger partial charge on any atom is 0.123 e. The molecule has 0 atom stereocenters. The summed E-state index contributed by atoms with van der Waals surface area (Å²) in [4.78, 5) is 0. The molecule has 0 amide bonds. The Labute approximate surface area is 99.1 Å². The van der Waals surface area contributed by atoms with Crippen molar-refractivity contribution in [1.29, 1.82) is 0 Å². The first kappa shape index (κ1) is 10.1. The summed E-state index contributed by atoms with van der Waals surface area (Å²) in [5.74, 6) is -0.201. The fraction of sp³-hybridized carbons (Fsp3) is 0.0667. The third-order valence-electron chi connectivity index (χ3n) is 3.05. The van der Waals surface area contributed by atoms with E-state index in [1.165, 1.54) is 23.0 Å². The highest BCUT2D eigenvalue weighted by molar-refractivity contribution is 5.94. The maximum absolute atomic E-state index is 12.9. The first-order chi connectivity index (χ1) is 8.25. The smallest absolute Gasteiger partial charge is 0.123 e. The average molecular weight is 225 g/mol. The second-order valence-corrected chi connectivity index (χ2v) is 4.18. The summed E-state index contributed by atoms with van der Waals surface area (Å²) < 4.78 is 15.0. The lowest BCUT2D eigenvalue weighted by molar-refractivity contribution is 0.628. The molecule has 1 heterocycles. The van der Waals surface area contributed by atoms with Crippen molar-refractivity contribution in [3.8, 4) is 11.1 Å². The van der Waals surface area contributed by atoms with Gasteiger partial charge in [0.2, 0.25) is 0 Å². The molecule has 0 bridgehead atoms. The van der Waals surface area contributed by atoms with Crippen molar-refractivity contribution in [2.75, 3.05) is 0 Å². The van der Waals surface area contributed by atoms with Gasteiger partial charge in [0.15, 0.2) is 0 Å². The van der Waals surface area contributed by atoms with E-state index in [1.807, 2.05) is 31.4 Å². The van der Waals surface area contributed by atoms with Gasteiger partial charge in [0, 0.05) is 24.2 Å². The molecule has 0 radical (unpaired) electrons. The molecule has 1 nitrogen and oxygen atoms in total. The summed E-state index contributed by atoms with van der Waals surface area (Å²) in [5.41, 5.74) is 3.35. The van der Waals surface area contributed by atoms with Crippen molar-refractivity contribution in [2.45, 2.75) is 0 Å². The third kappa shape index (κ3) is 1.62. The van der Waals surface area contributed by atoms with Crippen LogP contribution in [0.1, 0.15) is 0 Å². The highest BCUT2D eigenvalue weighted by atomic mass is 19.1. The lowest BCUT2D eigenvalue weighted by Gasteiger charge is -2.06. The summed E-state index contributed by atoms with van der Waals surface area (Å²) in [6.45, 7) is 0. The molecule has 0 fully saturated rings. The molecule has 0 saturated carbocycles. The molecule has 3 rings (SSSR count). The molecule has 0 unspecified atom stereocenters. The number of halogens is 1. The number of aromatic nitrogens is 1. The fourth-order valence-corrected chi connectivity index (χ4v) is 2.22. The van der Waals surface area contributed by atoms with E-state index >= 15 is 0 Å². The molecule has 3 aromatic rings. The Balaban J connectivity index is 2.29. The first-order valence-corrected chi connectivity index (χ1v) is 5.56. The number of benzene rings is 2. The van der Waals surface area contributed by atoms with Crippen molar-refractivity contribution in [2.24, 2.45) is 7.05 Å². The molecular formula is C15H12FN. The van der Waals surface area contributed by atoms with Crippen LogP contribution in [0.15, 0.2) is 54.7 Å². The molecule has 17 heavy (non-hydrogen) atoms. The van der Waals surface area contributed by atoms with E-state index < -0.39 is 0 Å². The number of nitrogens with zero attached hydrogens (tertiary/aromatic N) is 1. The Morgan fingerprint density at radius 3 is 2.47 bits per heavy atom. The molecule has 2 heteroatoms. The van der Waals surface area contributed by atoms with Gasteiger partial charge in [0.1, 0.15) is 5.82 Å². The van der Waals surface area contributed by atoms with Gasteiger partial charge in [-0.1, -0.05) is 30.3 Å². The van der Waals surface area contributed by atoms with E-state index in [2.05, 4.69) is 22.8 Å². The lowest BCUT2D eigenvalue weighted by atomic mass is 10.0. The third-order valence-corrected chi connectivity index (χ3v) is 3.05. The molecule has 0 spiro atoms. The van der Waals surface area contributed by atoms with Crippen LogP contribution in [0.25, 0.3) is 22.0 Å². The van der Waals surface area contributed by atoms with E-state index in [1.54, 1.807) is 0 Å². The van der Waals surface area contributed by atoms with Gasteiger partial charge in [-0.15, -0.1) is 0 Å². The SMILES string of the molecule is Cn1ccc2cccc(-c3ccc(F)cc3)c21. The van der Waals surface area contributed by atoms with Gasteiger partial charge in [0.25, 0.3) is 0 Å². The zero-order chi connectivity index (χ0) is 11.8. The van der Waals surface area contributed by atoms with Gasteiger partial charge in [0.05, 0.1) is 5.52 Å². The summed E-state index contributed by atoms with van der Waals surface area (Å²) in [7, 11) is 2.02. The van der Waals surface area contributed by atoms with Gasteiger partial charge in [-0.25, -0.2) is 4.39 Å². The largest absolute Gasteiger partial charge is 0.350 e. The van der Waals surface area contributed by atoms with E-state index in [0.29, 0.717) is 0 Å². The second-order valence-electron chi connectivity index (χ2n) is 4.18. The van der Waals surface area contributed by atoms with Crippen LogP contribution in [0.3, 0.4) is 0 Å². The topological polar surface area (TPSA) is 4.93 Å². The van der Waals surface area contributed by atoms with Crippen molar-refractivity contribution < 1.29 is 4.39 Å². The van der Waals surface area contributed by atoms with Crippen molar-refractivity contribution in [1.82, 2.24) is 4.57 Å². The predicted octanol–water partition coefficient (Wildman–Crippen LogP) is 3.98. The Hall–Kier alpha value is -2.09. The second kappa shape index (κ2) is 3.74. The zero-order valence-electron chi connectivity index (χ0n) is 9.52. The minimum Gasteiger partial charge on any atom is -0.350 e. The molecule has 0 N–H and O–H groups in total. The minimum absolute atomic E-state index is 0.201. The Bertz CT molecular complexity index is 665. The first-order valence-electron chi connectivity index (χ1n) is 5.56. The molecule has 0 saturated heterocycles. The number of para-hydroxylation sites is 1. The fourth-order valence-electron chi connectivity index (χ4n) is 2.22. The van der Waals surface area contributed by atoms with Gasteiger partial charge in [-0.2, -0.15) is 0 Å². The summed E-state index contributed by atoms with van der Waals surface area (Å²) in [6, 6.07) is 14.9. The Morgan fingerprint density at radius 1 is 0.941 bits per heavy atom. The van der Waals surface area contributed by atoms with Crippen LogP contribution in [0, 0.1) is 5.82 Å². The quantitative estimate of drug-likeness (QED) is 0.590. The maximum atomic E-state index is 12.9. The monoisotopic (exact) mass is 225 g/mol. The van der Waals surface area contributed by atoms with Crippen LogP contribution in [0.4, 0.5) is 4.39 Å². The van der Waals surface area contributed by atoms with E-state index in [9.17, 15) is 4.39 Å². The Morgan fingerprint density at radius 2 is 1.71 bits per heavy atom. The molecule has 1 aromatic heterocycles. The molecular weight excluding hydrogens is 213 g/mol. The zero-order valence-corrected chi connectivity index (χ0v) is 9.52. The summed E-state index contributed by atoms with van der Waals surface area (Å²) >= 11 is 0. The molecule has 2 aromatic carbocycles. The van der Waals surface area contributed by atoms with Crippen LogP contribution >= 0.6 is 0 Å². The van der Waals surface area contributed by atoms with Crippen molar-refractivity contribution in [3.05, 3.63) is 60.5 Å². The number of aryl methyl sites for hydroxylation is 1. The lowest BCUT2D eigenvalue weighted by Crippen LogP contribution is -1.88. The van der Waals surface area contributed by atoms with Crippen LogP contribution in [0.5, 0.6) is 0 Å². The van der Waals surface area contributed by atoms with Gasteiger partial charge >= 0.3 is 0 Å². The number of hydrogen-bond donors (Lipinski definition) is 0. The van der Waals surface area contributed by atoms with E-state index in [0.717, 1.165) is 11.1 Å². The highest BCUT2D eigenvalue weighted by Crippen LogP contribution is 2.28. The van der Waals surface area contributed by atoms with Crippen molar-refractivity contribution in [3.63, 3.8) is 0 Å². The van der Waals surface area contributed by atoms with Crippen LogP contribution in [0.2, 0.25) is 0 Å². The predicted molar refractivity (Wildman–Crippen MR) is 68.3 cm³/mol. The molecule has 0 aliphatic heterocycles. The number of fused-ring (bicyclic) bond motifs is 1. The van der Waals surface area contributed by atoms with Crippen LogP contribution in [-0.2, 0) is 7.05 Å². The van der Waals surface area contributed by atoms with E-state index in [-0.39, 0.29) is 5.82 Å². The standard InChI is InChI=1S/C15H12FN/c1-17-10-9-12-3-2-4-14(15(12)17)11-5-7-13(16)8-6-11/h2-10H,1H3. The van der Waals surface area contributed by atoms with Gasteiger partial charge in [-0.3, -0.25) is 0 Å². The van der Waals surface area contributed by atoms with Gasteiger partial charge < -0.3 is 4.57 Å². The average Bonchev–Trinajstić information content (AvgIpc) is 2.73. The summed E-state index contributed by atoms with van der Waals surface area (Å²) in [6.07, 6.45) is 2.04. The minimum atomic E-state index is -0.201.